The minimum absolute atomic E-state index is 0.247. The van der Waals surface area contributed by atoms with E-state index in [-0.39, 0.29) is 5.56 Å². The van der Waals surface area contributed by atoms with Crippen molar-refractivity contribution in [3.8, 4) is 0 Å². The third kappa shape index (κ3) is 2.04. The summed E-state index contributed by atoms with van der Waals surface area (Å²) in [6, 6.07) is 2.35. The van der Waals surface area contributed by atoms with Crippen molar-refractivity contribution in [2.75, 3.05) is 0 Å². The van der Waals surface area contributed by atoms with Gasteiger partial charge in [0.15, 0.2) is 11.6 Å². The van der Waals surface area contributed by atoms with Crippen LogP contribution in [0, 0.1) is 11.6 Å². The van der Waals surface area contributed by atoms with Gasteiger partial charge in [-0.1, -0.05) is 13.0 Å². The molecule has 0 bridgehead atoms. The molecule has 0 fully saturated rings. The zero-order valence-electron chi connectivity index (χ0n) is 7.77. The van der Waals surface area contributed by atoms with Crippen molar-refractivity contribution in [2.45, 2.75) is 26.3 Å². The van der Waals surface area contributed by atoms with Crippen LogP contribution in [-0.2, 0) is 6.42 Å². The number of aryl methyl sites for hydroxylation is 1. The van der Waals surface area contributed by atoms with Crippen LogP contribution in [0.2, 0.25) is 0 Å². The molecular weight excluding hydrogens is 172 g/mol. The van der Waals surface area contributed by atoms with Gasteiger partial charge in [0, 0.05) is 11.6 Å². The molecule has 0 saturated heterocycles. The lowest BCUT2D eigenvalue weighted by atomic mass is 10.0. The average Bonchev–Trinajstić information content (AvgIpc) is 2.09. The average molecular weight is 185 g/mol. The predicted molar refractivity (Wildman–Crippen MR) is 48.3 cm³/mol. The van der Waals surface area contributed by atoms with Gasteiger partial charge in [-0.25, -0.2) is 8.78 Å². The van der Waals surface area contributed by atoms with E-state index in [1.54, 1.807) is 13.0 Å². The highest BCUT2D eigenvalue weighted by Crippen LogP contribution is 2.20. The maximum Gasteiger partial charge on any atom is 0.163 e. The minimum Gasteiger partial charge on any atom is -0.324 e. The number of rotatable bonds is 2. The molecule has 0 radical (unpaired) electrons. The molecule has 0 aliphatic carbocycles. The molecule has 3 heteroatoms. The molecule has 0 saturated carbocycles. The second kappa shape index (κ2) is 3.83. The highest BCUT2D eigenvalue weighted by atomic mass is 19.2. The van der Waals surface area contributed by atoms with Crippen LogP contribution in [0.15, 0.2) is 12.1 Å². The summed E-state index contributed by atoms with van der Waals surface area (Å²) in [6.45, 7) is 3.52. The molecule has 72 valence electrons. The molecule has 2 N–H and O–H groups in total. The summed E-state index contributed by atoms with van der Waals surface area (Å²) in [5, 5.41) is 0. The molecule has 1 aromatic carbocycles. The Hall–Kier alpha value is -0.960. The highest BCUT2D eigenvalue weighted by Gasteiger charge is 2.12. The maximum absolute atomic E-state index is 13.1. The third-order valence-corrected chi connectivity index (χ3v) is 2.01. The van der Waals surface area contributed by atoms with Crippen LogP contribution in [0.1, 0.15) is 31.0 Å². The number of nitrogens with two attached hydrogens (primary N) is 1. The Bertz CT molecular complexity index is 308. The summed E-state index contributed by atoms with van der Waals surface area (Å²) < 4.78 is 26.1. The molecule has 1 atom stereocenters. The quantitative estimate of drug-likeness (QED) is 0.752. The molecule has 1 aromatic rings. The Labute approximate surface area is 76.6 Å². The second-order valence-electron chi connectivity index (χ2n) is 3.12. The number of halogens is 2. The van der Waals surface area contributed by atoms with Gasteiger partial charge < -0.3 is 5.73 Å². The van der Waals surface area contributed by atoms with Gasteiger partial charge in [-0.2, -0.15) is 0 Å². The topological polar surface area (TPSA) is 26.0 Å². The van der Waals surface area contributed by atoms with Crippen molar-refractivity contribution in [1.29, 1.82) is 0 Å². The summed E-state index contributed by atoms with van der Waals surface area (Å²) in [5.74, 6) is -1.64. The van der Waals surface area contributed by atoms with E-state index in [1.807, 2.05) is 6.92 Å². The van der Waals surface area contributed by atoms with E-state index in [0.29, 0.717) is 6.42 Å². The third-order valence-electron chi connectivity index (χ3n) is 2.01. The van der Waals surface area contributed by atoms with Crippen LogP contribution in [0.3, 0.4) is 0 Å². The van der Waals surface area contributed by atoms with Crippen molar-refractivity contribution in [3.63, 3.8) is 0 Å². The first-order valence-electron chi connectivity index (χ1n) is 4.29. The van der Waals surface area contributed by atoms with Gasteiger partial charge in [-0.3, -0.25) is 0 Å². The molecule has 0 amide bonds. The lowest BCUT2D eigenvalue weighted by molar-refractivity contribution is 0.490. The molecule has 0 aliphatic rings. The van der Waals surface area contributed by atoms with Crippen LogP contribution in [0.5, 0.6) is 0 Å². The molecule has 0 heterocycles. The van der Waals surface area contributed by atoms with Gasteiger partial charge in [0.2, 0.25) is 0 Å². The SMILES string of the molecule is CCc1cc(F)c(F)c(C(C)N)c1. The molecule has 1 rings (SSSR count). The van der Waals surface area contributed by atoms with E-state index >= 15 is 0 Å². The fourth-order valence-electron chi connectivity index (χ4n) is 1.20. The first-order valence-corrected chi connectivity index (χ1v) is 4.29. The van der Waals surface area contributed by atoms with E-state index in [0.717, 1.165) is 5.56 Å². The highest BCUT2D eigenvalue weighted by molar-refractivity contribution is 5.28. The van der Waals surface area contributed by atoms with Crippen LogP contribution in [0.25, 0.3) is 0 Å². The van der Waals surface area contributed by atoms with Crippen LogP contribution < -0.4 is 5.73 Å². The fraction of sp³-hybridized carbons (Fsp3) is 0.400. The van der Waals surface area contributed by atoms with Crippen molar-refractivity contribution in [3.05, 3.63) is 34.9 Å². The first kappa shape index (κ1) is 10.1. The second-order valence-corrected chi connectivity index (χ2v) is 3.12. The Morgan fingerprint density at radius 2 is 2.00 bits per heavy atom. The normalized spacial score (nSPS) is 13.0. The van der Waals surface area contributed by atoms with Gasteiger partial charge in [0.05, 0.1) is 0 Å². The number of hydrogen-bond donors (Lipinski definition) is 1. The molecule has 1 nitrogen and oxygen atoms in total. The largest absolute Gasteiger partial charge is 0.324 e. The lowest BCUT2D eigenvalue weighted by Gasteiger charge is -2.09. The Kier molecular flexibility index (Phi) is 2.98. The monoisotopic (exact) mass is 185 g/mol. The lowest BCUT2D eigenvalue weighted by Crippen LogP contribution is -2.09. The van der Waals surface area contributed by atoms with Crippen LogP contribution in [0.4, 0.5) is 8.78 Å². The van der Waals surface area contributed by atoms with Gasteiger partial charge in [-0.15, -0.1) is 0 Å². The standard InChI is InChI=1S/C10H13F2N/c1-3-7-4-8(6(2)13)10(12)9(11)5-7/h4-6H,3,13H2,1-2H3. The maximum atomic E-state index is 13.1. The molecule has 0 spiro atoms. The van der Waals surface area contributed by atoms with Crippen molar-refractivity contribution < 1.29 is 8.78 Å². The van der Waals surface area contributed by atoms with Gasteiger partial charge >= 0.3 is 0 Å². The molecule has 13 heavy (non-hydrogen) atoms. The van der Waals surface area contributed by atoms with Crippen LogP contribution >= 0.6 is 0 Å². The molecule has 1 unspecified atom stereocenters. The van der Waals surface area contributed by atoms with Gasteiger partial charge in [-0.05, 0) is 25.0 Å². The van der Waals surface area contributed by atoms with E-state index < -0.39 is 17.7 Å². The number of benzene rings is 1. The summed E-state index contributed by atoms with van der Waals surface area (Å²) in [6.07, 6.45) is 0.678. The van der Waals surface area contributed by atoms with Crippen molar-refractivity contribution in [2.24, 2.45) is 5.73 Å². The van der Waals surface area contributed by atoms with Crippen molar-refractivity contribution >= 4 is 0 Å². The zero-order valence-corrected chi connectivity index (χ0v) is 7.77. The summed E-state index contributed by atoms with van der Waals surface area (Å²) in [4.78, 5) is 0. The molecule has 0 aromatic heterocycles. The summed E-state index contributed by atoms with van der Waals surface area (Å²) >= 11 is 0. The van der Waals surface area contributed by atoms with E-state index in [1.165, 1.54) is 6.07 Å². The number of hydrogen-bond acceptors (Lipinski definition) is 1. The molecule has 0 aliphatic heterocycles. The van der Waals surface area contributed by atoms with Gasteiger partial charge in [0.25, 0.3) is 0 Å². The predicted octanol–water partition coefficient (Wildman–Crippen LogP) is 2.55. The summed E-state index contributed by atoms with van der Waals surface area (Å²) in [7, 11) is 0. The first-order chi connectivity index (χ1) is 6.06. The van der Waals surface area contributed by atoms with Crippen molar-refractivity contribution in [1.82, 2.24) is 0 Å². The Morgan fingerprint density at radius 3 is 2.46 bits per heavy atom. The van der Waals surface area contributed by atoms with Gasteiger partial charge in [0.1, 0.15) is 0 Å². The van der Waals surface area contributed by atoms with E-state index in [9.17, 15) is 8.78 Å². The minimum atomic E-state index is -0.827. The van der Waals surface area contributed by atoms with E-state index in [4.69, 9.17) is 5.73 Å². The Morgan fingerprint density at radius 1 is 1.38 bits per heavy atom. The smallest absolute Gasteiger partial charge is 0.163 e. The van der Waals surface area contributed by atoms with Crippen LogP contribution in [-0.4, -0.2) is 0 Å². The fourth-order valence-corrected chi connectivity index (χ4v) is 1.20. The zero-order chi connectivity index (χ0) is 10.0. The summed E-state index contributed by atoms with van der Waals surface area (Å²) in [5.41, 5.74) is 6.52. The Balaban J connectivity index is 3.25. The molecular formula is C10H13F2N. The van der Waals surface area contributed by atoms with E-state index in [2.05, 4.69) is 0 Å².